The number of carbonyl (C=O) groups is 2. The van der Waals surface area contributed by atoms with Crippen LogP contribution in [0.25, 0.3) is 10.8 Å². The predicted octanol–water partition coefficient (Wildman–Crippen LogP) is 5.11. The lowest BCUT2D eigenvalue weighted by atomic mass is 9.89. The number of allylic oxidation sites excluding steroid dienone is 2. The van der Waals surface area contributed by atoms with Crippen molar-refractivity contribution in [3.63, 3.8) is 0 Å². The second kappa shape index (κ2) is 6.60. The Morgan fingerprint density at radius 3 is 1.96 bits per heavy atom. The summed E-state index contributed by atoms with van der Waals surface area (Å²) in [6.45, 7) is 0.366. The van der Waals surface area contributed by atoms with Gasteiger partial charge in [0.25, 0.3) is 0 Å². The number of benzene rings is 3. The van der Waals surface area contributed by atoms with Gasteiger partial charge in [-0.2, -0.15) is 0 Å². The van der Waals surface area contributed by atoms with E-state index in [0.717, 1.165) is 16.3 Å². The van der Waals surface area contributed by atoms with Crippen LogP contribution in [0.1, 0.15) is 26.3 Å². The van der Waals surface area contributed by atoms with Crippen LogP contribution in [-0.2, 0) is 6.54 Å². The molecule has 5 heteroatoms. The van der Waals surface area contributed by atoms with E-state index < -0.39 is 0 Å². The minimum Gasteiger partial charge on any atom is -0.376 e. The number of hydrogen-bond donors (Lipinski definition) is 1. The minimum absolute atomic E-state index is 0.0771. The van der Waals surface area contributed by atoms with Gasteiger partial charge in [-0.1, -0.05) is 59.6 Å². The van der Waals surface area contributed by atoms with Gasteiger partial charge >= 0.3 is 0 Å². The lowest BCUT2D eigenvalue weighted by molar-refractivity contribution is 0.0974. The van der Waals surface area contributed by atoms with E-state index in [-0.39, 0.29) is 22.3 Å². The number of fused-ring (bicyclic) bond motifs is 2. The summed E-state index contributed by atoms with van der Waals surface area (Å²) in [6.07, 6.45) is 0. The Bertz CT molecular complexity index is 1080. The summed E-state index contributed by atoms with van der Waals surface area (Å²) < 4.78 is 0. The average Bonchev–Trinajstić information content (AvgIpc) is 2.66. The normalized spacial score (nSPS) is 13.9. The van der Waals surface area contributed by atoms with Crippen molar-refractivity contribution in [1.82, 2.24) is 5.32 Å². The van der Waals surface area contributed by atoms with Crippen LogP contribution in [0.2, 0.25) is 5.02 Å². The third-order valence-corrected chi connectivity index (χ3v) is 5.02. The fourth-order valence-corrected chi connectivity index (χ4v) is 3.41. The molecule has 0 saturated carbocycles. The molecule has 1 N–H and O–H groups in total. The van der Waals surface area contributed by atoms with Crippen LogP contribution in [0, 0.1) is 0 Å². The van der Waals surface area contributed by atoms with Crippen molar-refractivity contribution in [2.45, 2.75) is 6.54 Å². The number of Topliss-reactive ketones (excluding diaryl/α,β-unsaturated/α-hetero) is 2. The zero-order valence-electron chi connectivity index (χ0n) is 13.6. The summed E-state index contributed by atoms with van der Waals surface area (Å²) in [4.78, 5) is 25.6. The molecule has 1 aliphatic rings. The first-order chi connectivity index (χ1) is 12.5. The van der Waals surface area contributed by atoms with Crippen LogP contribution >= 0.6 is 23.2 Å². The second-order valence-electron chi connectivity index (χ2n) is 6.07. The van der Waals surface area contributed by atoms with E-state index in [1.165, 1.54) is 0 Å². The van der Waals surface area contributed by atoms with Crippen molar-refractivity contribution in [2.24, 2.45) is 0 Å². The van der Waals surface area contributed by atoms with Crippen LogP contribution < -0.4 is 5.32 Å². The van der Waals surface area contributed by atoms with E-state index in [9.17, 15) is 9.59 Å². The summed E-state index contributed by atoms with van der Waals surface area (Å²) >= 11 is 12.1. The largest absolute Gasteiger partial charge is 0.376 e. The van der Waals surface area contributed by atoms with Gasteiger partial charge in [0.1, 0.15) is 10.7 Å². The lowest BCUT2D eigenvalue weighted by Crippen LogP contribution is -2.28. The van der Waals surface area contributed by atoms with E-state index in [1.807, 2.05) is 36.4 Å². The smallest absolute Gasteiger partial charge is 0.211 e. The molecule has 0 unspecified atom stereocenters. The highest BCUT2D eigenvalue weighted by Crippen LogP contribution is 2.31. The minimum atomic E-state index is -0.342. The molecule has 128 valence electrons. The summed E-state index contributed by atoms with van der Waals surface area (Å²) in [6, 6.07) is 18.3. The molecule has 0 atom stereocenters. The topological polar surface area (TPSA) is 46.2 Å². The molecule has 0 aromatic heterocycles. The highest BCUT2D eigenvalue weighted by molar-refractivity contribution is 6.50. The standard InChI is InChI=1S/C21H13Cl2NO2/c22-15-7-5-12(6-8-15)11-24-19-18(23)20(25)16-9-13-3-1-2-4-14(13)10-17(16)21(19)26/h1-10,24H,11H2. The Balaban J connectivity index is 1.70. The molecule has 3 aromatic rings. The van der Waals surface area contributed by atoms with Crippen LogP contribution in [0.15, 0.2) is 71.4 Å². The van der Waals surface area contributed by atoms with Crippen LogP contribution in [0.3, 0.4) is 0 Å². The molecule has 0 saturated heterocycles. The maximum Gasteiger partial charge on any atom is 0.211 e. The summed E-state index contributed by atoms with van der Waals surface area (Å²) in [7, 11) is 0. The second-order valence-corrected chi connectivity index (χ2v) is 6.89. The van der Waals surface area contributed by atoms with Gasteiger partial charge in [-0.3, -0.25) is 9.59 Å². The lowest BCUT2D eigenvalue weighted by Gasteiger charge is -2.20. The molecule has 0 heterocycles. The molecule has 1 aliphatic carbocycles. The molecule has 0 spiro atoms. The van der Waals surface area contributed by atoms with Crippen molar-refractivity contribution >= 4 is 45.5 Å². The van der Waals surface area contributed by atoms with Crippen molar-refractivity contribution in [3.05, 3.63) is 93.1 Å². The molecule has 0 aliphatic heterocycles. The van der Waals surface area contributed by atoms with E-state index in [2.05, 4.69) is 5.32 Å². The third kappa shape index (κ3) is 2.90. The highest BCUT2D eigenvalue weighted by atomic mass is 35.5. The first-order valence-electron chi connectivity index (χ1n) is 8.05. The molecule has 3 nitrogen and oxygen atoms in total. The van der Waals surface area contributed by atoms with Gasteiger partial charge in [0.15, 0.2) is 0 Å². The fourth-order valence-electron chi connectivity index (χ4n) is 3.03. The van der Waals surface area contributed by atoms with E-state index in [1.54, 1.807) is 24.3 Å². The Hall–Kier alpha value is -2.62. The van der Waals surface area contributed by atoms with Crippen molar-refractivity contribution in [3.8, 4) is 0 Å². The van der Waals surface area contributed by atoms with E-state index in [4.69, 9.17) is 23.2 Å². The number of ketones is 2. The molecular weight excluding hydrogens is 369 g/mol. The number of halogens is 2. The van der Waals surface area contributed by atoms with Gasteiger partial charge in [0, 0.05) is 22.7 Å². The number of carbonyl (C=O) groups excluding carboxylic acids is 2. The predicted molar refractivity (Wildman–Crippen MR) is 104 cm³/mol. The van der Waals surface area contributed by atoms with Gasteiger partial charge in [0.05, 0.1) is 0 Å². The Kier molecular flexibility index (Phi) is 4.27. The average molecular weight is 382 g/mol. The molecule has 0 bridgehead atoms. The number of nitrogens with one attached hydrogen (secondary N) is 1. The molecule has 4 rings (SSSR count). The molecular formula is C21H13Cl2NO2. The molecule has 0 radical (unpaired) electrons. The molecule has 3 aromatic carbocycles. The zero-order valence-corrected chi connectivity index (χ0v) is 15.1. The third-order valence-electron chi connectivity index (χ3n) is 4.40. The maximum absolute atomic E-state index is 12.9. The molecule has 0 amide bonds. The zero-order chi connectivity index (χ0) is 18.3. The van der Waals surface area contributed by atoms with Gasteiger partial charge in [-0.25, -0.2) is 0 Å². The van der Waals surface area contributed by atoms with E-state index in [0.29, 0.717) is 22.7 Å². The van der Waals surface area contributed by atoms with Gasteiger partial charge in [-0.15, -0.1) is 0 Å². The van der Waals surface area contributed by atoms with Crippen molar-refractivity contribution in [1.29, 1.82) is 0 Å². The first-order valence-corrected chi connectivity index (χ1v) is 8.80. The van der Waals surface area contributed by atoms with Crippen molar-refractivity contribution in [2.75, 3.05) is 0 Å². The molecule has 0 fully saturated rings. The summed E-state index contributed by atoms with van der Waals surface area (Å²) in [5.74, 6) is -0.616. The van der Waals surface area contributed by atoms with E-state index >= 15 is 0 Å². The molecule has 26 heavy (non-hydrogen) atoms. The number of rotatable bonds is 3. The van der Waals surface area contributed by atoms with Crippen LogP contribution in [-0.4, -0.2) is 11.6 Å². The summed E-state index contributed by atoms with van der Waals surface area (Å²) in [5.41, 5.74) is 1.78. The SMILES string of the molecule is O=C1C(Cl)=C(NCc2ccc(Cl)cc2)C(=O)c2cc3ccccc3cc21. The number of hydrogen-bond acceptors (Lipinski definition) is 3. The van der Waals surface area contributed by atoms with Gasteiger partial charge in [-0.05, 0) is 40.6 Å². The van der Waals surface area contributed by atoms with Crippen LogP contribution in [0.5, 0.6) is 0 Å². The first kappa shape index (κ1) is 16.8. The Morgan fingerprint density at radius 1 is 0.769 bits per heavy atom. The Labute approximate surface area is 160 Å². The van der Waals surface area contributed by atoms with Gasteiger partial charge in [0.2, 0.25) is 11.6 Å². The summed E-state index contributed by atoms with van der Waals surface area (Å²) in [5, 5.41) is 5.37. The maximum atomic E-state index is 12.9. The Morgan fingerprint density at radius 2 is 1.35 bits per heavy atom. The van der Waals surface area contributed by atoms with Crippen molar-refractivity contribution < 1.29 is 9.59 Å². The van der Waals surface area contributed by atoms with Crippen LogP contribution in [0.4, 0.5) is 0 Å². The monoisotopic (exact) mass is 381 g/mol. The quantitative estimate of drug-likeness (QED) is 0.685. The van der Waals surface area contributed by atoms with Gasteiger partial charge < -0.3 is 5.32 Å². The fraction of sp³-hybridized carbons (Fsp3) is 0.0476. The highest BCUT2D eigenvalue weighted by Gasteiger charge is 2.31.